The van der Waals surface area contributed by atoms with Gasteiger partial charge in [-0.05, 0) is 35.9 Å². The molecule has 0 saturated carbocycles. The first kappa shape index (κ1) is 16.1. The number of nitrogens with zero attached hydrogens (tertiary/aromatic N) is 4. The molecule has 0 aliphatic rings. The normalized spacial score (nSPS) is 10.9. The van der Waals surface area contributed by atoms with Crippen LogP contribution in [0.2, 0.25) is 0 Å². The van der Waals surface area contributed by atoms with Gasteiger partial charge in [0, 0.05) is 43.0 Å². The Morgan fingerprint density at radius 2 is 1.73 bits per heavy atom. The van der Waals surface area contributed by atoms with Crippen molar-refractivity contribution < 1.29 is 4.39 Å². The van der Waals surface area contributed by atoms with Gasteiger partial charge in [0.05, 0.1) is 5.52 Å². The van der Waals surface area contributed by atoms with Gasteiger partial charge in [-0.1, -0.05) is 24.3 Å². The van der Waals surface area contributed by atoms with Crippen LogP contribution in [0.25, 0.3) is 33.4 Å². The average molecular weight is 344 g/mol. The lowest BCUT2D eigenvalue weighted by atomic mass is 10.0. The molecule has 0 bridgehead atoms. The van der Waals surface area contributed by atoms with Gasteiger partial charge in [0.15, 0.2) is 5.82 Å². The molecule has 0 atom stereocenters. The number of halogens is 1. The summed E-state index contributed by atoms with van der Waals surface area (Å²) in [6, 6.07) is 16.3. The summed E-state index contributed by atoms with van der Waals surface area (Å²) in [6.07, 6.45) is 3.46. The topological polar surface area (TPSA) is 41.9 Å². The van der Waals surface area contributed by atoms with Gasteiger partial charge in [-0.25, -0.2) is 14.4 Å². The molecule has 5 heteroatoms. The SMILES string of the molecule is CN(C)c1nc(-c2cccnc2)nc2ccc(-c3ccccc3F)cc12. The van der Waals surface area contributed by atoms with E-state index in [1.807, 2.05) is 55.4 Å². The summed E-state index contributed by atoms with van der Waals surface area (Å²) in [7, 11) is 3.87. The van der Waals surface area contributed by atoms with Gasteiger partial charge in [0.25, 0.3) is 0 Å². The van der Waals surface area contributed by atoms with Crippen molar-refractivity contribution in [3.63, 3.8) is 0 Å². The van der Waals surface area contributed by atoms with Crippen LogP contribution in [-0.4, -0.2) is 29.0 Å². The second kappa shape index (κ2) is 6.52. The summed E-state index contributed by atoms with van der Waals surface area (Å²) in [5.41, 5.74) is 3.03. The summed E-state index contributed by atoms with van der Waals surface area (Å²) < 4.78 is 14.2. The molecule has 4 aromatic rings. The molecule has 2 aromatic carbocycles. The van der Waals surface area contributed by atoms with E-state index in [-0.39, 0.29) is 5.82 Å². The Hall–Kier alpha value is -3.34. The maximum Gasteiger partial charge on any atom is 0.163 e. The highest BCUT2D eigenvalue weighted by molar-refractivity contribution is 5.94. The molecule has 0 N–H and O–H groups in total. The van der Waals surface area contributed by atoms with Gasteiger partial charge >= 0.3 is 0 Å². The Balaban J connectivity index is 1.93. The van der Waals surface area contributed by atoms with Crippen molar-refractivity contribution in [2.45, 2.75) is 0 Å². The molecule has 0 spiro atoms. The van der Waals surface area contributed by atoms with Crippen LogP contribution in [0.1, 0.15) is 0 Å². The van der Waals surface area contributed by atoms with Crippen molar-refractivity contribution in [1.29, 1.82) is 0 Å². The largest absolute Gasteiger partial charge is 0.362 e. The van der Waals surface area contributed by atoms with Crippen molar-refractivity contribution in [2.24, 2.45) is 0 Å². The quantitative estimate of drug-likeness (QED) is 0.546. The molecule has 0 saturated heterocycles. The highest BCUT2D eigenvalue weighted by Gasteiger charge is 2.13. The molecule has 0 aliphatic carbocycles. The predicted octanol–water partition coefficient (Wildman–Crippen LogP) is 4.56. The number of rotatable bonds is 3. The minimum Gasteiger partial charge on any atom is -0.362 e. The number of anilines is 1. The Morgan fingerprint density at radius 1 is 0.885 bits per heavy atom. The van der Waals surface area contributed by atoms with Crippen LogP contribution in [0.3, 0.4) is 0 Å². The molecular formula is C21H17FN4. The Kier molecular flexibility index (Phi) is 4.05. The number of pyridine rings is 1. The van der Waals surface area contributed by atoms with Crippen LogP contribution in [0.5, 0.6) is 0 Å². The lowest BCUT2D eigenvalue weighted by Gasteiger charge is -2.16. The minimum atomic E-state index is -0.244. The Bertz CT molecular complexity index is 1080. The zero-order valence-electron chi connectivity index (χ0n) is 14.5. The van der Waals surface area contributed by atoms with Crippen molar-refractivity contribution in [3.05, 3.63) is 72.8 Å². The fourth-order valence-electron chi connectivity index (χ4n) is 2.94. The molecular weight excluding hydrogens is 327 g/mol. The smallest absolute Gasteiger partial charge is 0.163 e. The molecule has 2 heterocycles. The van der Waals surface area contributed by atoms with E-state index in [0.717, 1.165) is 27.8 Å². The zero-order valence-corrected chi connectivity index (χ0v) is 14.5. The highest BCUT2D eigenvalue weighted by Crippen LogP contribution is 2.31. The van der Waals surface area contributed by atoms with E-state index >= 15 is 0 Å². The van der Waals surface area contributed by atoms with Crippen molar-refractivity contribution >= 4 is 16.7 Å². The molecule has 4 rings (SSSR count). The maximum atomic E-state index is 14.2. The summed E-state index contributed by atoms with van der Waals surface area (Å²) in [5.74, 6) is 1.16. The Labute approximate surface area is 151 Å². The monoisotopic (exact) mass is 344 g/mol. The maximum absolute atomic E-state index is 14.2. The first-order valence-corrected chi connectivity index (χ1v) is 8.28. The van der Waals surface area contributed by atoms with Gasteiger partial charge in [-0.3, -0.25) is 4.98 Å². The standard InChI is InChI=1S/C21H17FN4/c1-26(2)21-17-12-14(16-7-3-4-8-18(16)22)9-10-19(17)24-20(25-21)15-6-5-11-23-13-15/h3-13H,1-2H3. The zero-order chi connectivity index (χ0) is 18.1. The van der Waals surface area contributed by atoms with Gasteiger partial charge in [0.2, 0.25) is 0 Å². The summed E-state index contributed by atoms with van der Waals surface area (Å²) in [4.78, 5) is 15.5. The Morgan fingerprint density at radius 3 is 2.46 bits per heavy atom. The van der Waals surface area contributed by atoms with Crippen LogP contribution < -0.4 is 4.90 Å². The third kappa shape index (κ3) is 2.88. The van der Waals surface area contributed by atoms with E-state index < -0.39 is 0 Å². The van der Waals surface area contributed by atoms with Gasteiger partial charge in [-0.15, -0.1) is 0 Å². The molecule has 4 nitrogen and oxygen atoms in total. The minimum absolute atomic E-state index is 0.244. The lowest BCUT2D eigenvalue weighted by Crippen LogP contribution is -2.12. The third-order valence-electron chi connectivity index (χ3n) is 4.20. The first-order chi connectivity index (χ1) is 12.6. The van der Waals surface area contributed by atoms with E-state index in [4.69, 9.17) is 4.98 Å². The van der Waals surface area contributed by atoms with Crippen LogP contribution >= 0.6 is 0 Å². The van der Waals surface area contributed by atoms with Crippen molar-refractivity contribution in [1.82, 2.24) is 15.0 Å². The van der Waals surface area contributed by atoms with E-state index in [1.54, 1.807) is 24.5 Å². The number of hydrogen-bond acceptors (Lipinski definition) is 4. The molecule has 128 valence electrons. The van der Waals surface area contributed by atoms with Crippen LogP contribution in [0.4, 0.5) is 10.2 Å². The summed E-state index contributed by atoms with van der Waals surface area (Å²) >= 11 is 0. The molecule has 2 aromatic heterocycles. The van der Waals surface area contributed by atoms with Crippen LogP contribution in [0, 0.1) is 5.82 Å². The molecule has 0 amide bonds. The van der Waals surface area contributed by atoms with E-state index in [9.17, 15) is 4.39 Å². The molecule has 0 fully saturated rings. The van der Waals surface area contributed by atoms with E-state index in [1.165, 1.54) is 6.07 Å². The van der Waals surface area contributed by atoms with Gasteiger partial charge in [0.1, 0.15) is 11.6 Å². The number of fused-ring (bicyclic) bond motifs is 1. The van der Waals surface area contributed by atoms with Crippen LogP contribution in [-0.2, 0) is 0 Å². The van der Waals surface area contributed by atoms with Crippen molar-refractivity contribution in [2.75, 3.05) is 19.0 Å². The first-order valence-electron chi connectivity index (χ1n) is 8.28. The molecule has 0 radical (unpaired) electrons. The molecule has 0 aliphatic heterocycles. The summed E-state index contributed by atoms with van der Waals surface area (Å²) in [6.45, 7) is 0. The highest BCUT2D eigenvalue weighted by atomic mass is 19.1. The van der Waals surface area contributed by atoms with Gasteiger partial charge < -0.3 is 4.90 Å². The second-order valence-electron chi connectivity index (χ2n) is 6.22. The fourth-order valence-corrected chi connectivity index (χ4v) is 2.94. The molecule has 26 heavy (non-hydrogen) atoms. The molecule has 0 unspecified atom stereocenters. The fraction of sp³-hybridized carbons (Fsp3) is 0.0952. The number of hydrogen-bond donors (Lipinski definition) is 0. The summed E-state index contributed by atoms with van der Waals surface area (Å²) in [5, 5.41) is 0.878. The lowest BCUT2D eigenvalue weighted by molar-refractivity contribution is 0.631. The van der Waals surface area contributed by atoms with E-state index in [2.05, 4.69) is 9.97 Å². The van der Waals surface area contributed by atoms with E-state index in [0.29, 0.717) is 11.4 Å². The van der Waals surface area contributed by atoms with Crippen molar-refractivity contribution in [3.8, 4) is 22.5 Å². The number of aromatic nitrogens is 3. The second-order valence-corrected chi connectivity index (χ2v) is 6.22. The van der Waals surface area contributed by atoms with Gasteiger partial charge in [-0.2, -0.15) is 0 Å². The average Bonchev–Trinajstić information content (AvgIpc) is 2.67. The third-order valence-corrected chi connectivity index (χ3v) is 4.20. The predicted molar refractivity (Wildman–Crippen MR) is 102 cm³/mol. The van der Waals surface area contributed by atoms with Crippen LogP contribution in [0.15, 0.2) is 67.0 Å². The number of benzene rings is 2.